The Hall–Kier alpha value is -1.82. The SMILES string of the molecule is O=C(NCC1(O)CCC1)Nc1cccc(OCCF)c1. The van der Waals surface area contributed by atoms with Crippen LogP contribution in [0.4, 0.5) is 14.9 Å². The topological polar surface area (TPSA) is 70.6 Å². The number of rotatable bonds is 6. The number of carbonyl (C=O) groups is 1. The Morgan fingerprint density at radius 3 is 2.90 bits per heavy atom. The van der Waals surface area contributed by atoms with Gasteiger partial charge < -0.3 is 20.5 Å². The van der Waals surface area contributed by atoms with Crippen LogP contribution >= 0.6 is 0 Å². The summed E-state index contributed by atoms with van der Waals surface area (Å²) in [6.45, 7) is -0.323. The molecule has 0 bridgehead atoms. The minimum atomic E-state index is -0.747. The zero-order valence-electron chi connectivity index (χ0n) is 11.2. The van der Waals surface area contributed by atoms with Crippen LogP contribution in [0.2, 0.25) is 0 Å². The summed E-state index contributed by atoms with van der Waals surface area (Å²) in [5.74, 6) is 0.498. The maximum Gasteiger partial charge on any atom is 0.319 e. The number of carbonyl (C=O) groups excluding carboxylic acids is 1. The summed E-state index contributed by atoms with van der Waals surface area (Å²) in [4.78, 5) is 11.7. The van der Waals surface area contributed by atoms with Crippen molar-refractivity contribution in [2.45, 2.75) is 24.9 Å². The first-order chi connectivity index (χ1) is 9.61. The van der Waals surface area contributed by atoms with Crippen molar-refractivity contribution in [2.24, 2.45) is 0 Å². The number of alkyl halides is 1. The van der Waals surface area contributed by atoms with Crippen molar-refractivity contribution in [1.82, 2.24) is 5.32 Å². The Morgan fingerprint density at radius 2 is 2.25 bits per heavy atom. The lowest BCUT2D eigenvalue weighted by Crippen LogP contribution is -2.48. The second-order valence-electron chi connectivity index (χ2n) is 4.95. The van der Waals surface area contributed by atoms with E-state index in [9.17, 15) is 14.3 Å². The summed E-state index contributed by atoms with van der Waals surface area (Å²) in [5.41, 5.74) is -0.192. The molecule has 6 heteroatoms. The zero-order chi connectivity index (χ0) is 14.4. The largest absolute Gasteiger partial charge is 0.491 e. The fourth-order valence-electron chi connectivity index (χ4n) is 2.00. The van der Waals surface area contributed by atoms with E-state index in [2.05, 4.69) is 10.6 Å². The summed E-state index contributed by atoms with van der Waals surface area (Å²) in [5, 5.41) is 15.1. The molecule has 3 N–H and O–H groups in total. The first-order valence-electron chi connectivity index (χ1n) is 6.67. The van der Waals surface area contributed by atoms with Crippen LogP contribution < -0.4 is 15.4 Å². The van der Waals surface area contributed by atoms with Crippen LogP contribution in [-0.4, -0.2) is 36.6 Å². The van der Waals surface area contributed by atoms with E-state index in [0.717, 1.165) is 19.3 Å². The van der Waals surface area contributed by atoms with Crippen LogP contribution in [0.1, 0.15) is 19.3 Å². The van der Waals surface area contributed by atoms with E-state index >= 15 is 0 Å². The van der Waals surface area contributed by atoms with E-state index in [-0.39, 0.29) is 19.2 Å². The molecule has 1 aromatic carbocycles. The highest BCUT2D eigenvalue weighted by Crippen LogP contribution is 2.30. The van der Waals surface area contributed by atoms with Gasteiger partial charge in [-0.25, -0.2) is 9.18 Å². The summed E-state index contributed by atoms with van der Waals surface area (Å²) >= 11 is 0. The third-order valence-electron chi connectivity index (χ3n) is 3.30. The van der Waals surface area contributed by atoms with Crippen LogP contribution in [0, 0.1) is 0 Å². The molecule has 0 atom stereocenters. The lowest BCUT2D eigenvalue weighted by Gasteiger charge is -2.36. The van der Waals surface area contributed by atoms with Gasteiger partial charge in [-0.2, -0.15) is 0 Å². The van der Waals surface area contributed by atoms with Crippen molar-refractivity contribution in [2.75, 3.05) is 25.1 Å². The highest BCUT2D eigenvalue weighted by atomic mass is 19.1. The van der Waals surface area contributed by atoms with Crippen molar-refractivity contribution >= 4 is 11.7 Å². The number of ether oxygens (including phenoxy) is 1. The summed E-state index contributed by atoms with van der Waals surface area (Å²) in [6, 6.07) is 6.35. The van der Waals surface area contributed by atoms with Crippen molar-refractivity contribution in [1.29, 1.82) is 0 Å². The van der Waals surface area contributed by atoms with Gasteiger partial charge in [0.05, 0.1) is 5.60 Å². The molecule has 1 fully saturated rings. The Kier molecular flexibility index (Phi) is 4.79. The fraction of sp³-hybridized carbons (Fsp3) is 0.500. The van der Waals surface area contributed by atoms with Gasteiger partial charge in [-0.1, -0.05) is 6.07 Å². The molecule has 2 rings (SSSR count). The molecule has 0 heterocycles. The quantitative estimate of drug-likeness (QED) is 0.748. The average Bonchev–Trinajstić information content (AvgIpc) is 2.41. The third kappa shape index (κ3) is 4.09. The van der Waals surface area contributed by atoms with Gasteiger partial charge in [-0.05, 0) is 31.4 Å². The first-order valence-corrected chi connectivity index (χ1v) is 6.67. The Labute approximate surface area is 117 Å². The monoisotopic (exact) mass is 282 g/mol. The van der Waals surface area contributed by atoms with Gasteiger partial charge in [-0.15, -0.1) is 0 Å². The molecule has 1 saturated carbocycles. The molecule has 2 amide bonds. The molecular formula is C14H19FN2O3. The van der Waals surface area contributed by atoms with Crippen molar-refractivity contribution in [3.63, 3.8) is 0 Å². The molecule has 0 aliphatic heterocycles. The molecule has 1 aliphatic rings. The predicted molar refractivity (Wildman–Crippen MR) is 73.7 cm³/mol. The lowest BCUT2D eigenvalue weighted by molar-refractivity contribution is -0.0287. The molecule has 5 nitrogen and oxygen atoms in total. The van der Waals surface area contributed by atoms with Gasteiger partial charge in [0.15, 0.2) is 0 Å². The second-order valence-corrected chi connectivity index (χ2v) is 4.95. The molecule has 20 heavy (non-hydrogen) atoms. The van der Waals surface area contributed by atoms with E-state index < -0.39 is 12.3 Å². The molecule has 1 aromatic rings. The number of aliphatic hydroxyl groups is 1. The second kappa shape index (κ2) is 6.56. The average molecular weight is 282 g/mol. The van der Waals surface area contributed by atoms with Crippen molar-refractivity contribution < 1.29 is 19.0 Å². The number of anilines is 1. The van der Waals surface area contributed by atoms with Gasteiger partial charge in [0.1, 0.15) is 19.0 Å². The minimum absolute atomic E-state index is 0.0112. The van der Waals surface area contributed by atoms with Crippen LogP contribution in [0.5, 0.6) is 5.75 Å². The number of hydrogen-bond donors (Lipinski definition) is 3. The summed E-state index contributed by atoms with van der Waals surface area (Å²) < 4.78 is 17.1. The third-order valence-corrected chi connectivity index (χ3v) is 3.30. The Bertz CT molecular complexity index is 463. The number of urea groups is 1. The number of amides is 2. The standard InChI is InChI=1S/C14H19FN2O3/c15-7-8-20-12-4-1-3-11(9-12)17-13(18)16-10-14(19)5-2-6-14/h1,3-4,9,19H,2,5-8,10H2,(H2,16,17,18). The normalized spacial score (nSPS) is 16.1. The number of nitrogens with one attached hydrogen (secondary N) is 2. The van der Waals surface area contributed by atoms with E-state index in [1.54, 1.807) is 24.3 Å². The lowest BCUT2D eigenvalue weighted by atomic mass is 9.80. The highest BCUT2D eigenvalue weighted by molar-refractivity contribution is 5.89. The Morgan fingerprint density at radius 1 is 1.45 bits per heavy atom. The maximum atomic E-state index is 12.0. The number of hydrogen-bond acceptors (Lipinski definition) is 3. The van der Waals surface area contributed by atoms with Crippen LogP contribution in [0.3, 0.4) is 0 Å². The summed E-state index contributed by atoms with van der Waals surface area (Å²) in [6.07, 6.45) is 2.44. The van der Waals surface area contributed by atoms with Gasteiger partial charge >= 0.3 is 6.03 Å². The van der Waals surface area contributed by atoms with Crippen LogP contribution in [-0.2, 0) is 0 Å². The van der Waals surface area contributed by atoms with Crippen LogP contribution in [0.25, 0.3) is 0 Å². The van der Waals surface area contributed by atoms with Gasteiger partial charge in [0.25, 0.3) is 0 Å². The van der Waals surface area contributed by atoms with E-state index in [1.165, 1.54) is 0 Å². The molecule has 0 spiro atoms. The molecule has 0 saturated heterocycles. The molecular weight excluding hydrogens is 263 g/mol. The van der Waals surface area contributed by atoms with Crippen LogP contribution in [0.15, 0.2) is 24.3 Å². The Balaban J connectivity index is 1.81. The van der Waals surface area contributed by atoms with Crippen molar-refractivity contribution in [3.8, 4) is 5.75 Å². The predicted octanol–water partition coefficient (Wildman–Crippen LogP) is 2.07. The van der Waals surface area contributed by atoms with Gasteiger partial charge in [0, 0.05) is 18.3 Å². The van der Waals surface area contributed by atoms with E-state index in [4.69, 9.17) is 4.74 Å². The maximum absolute atomic E-state index is 12.0. The van der Waals surface area contributed by atoms with E-state index in [0.29, 0.717) is 11.4 Å². The van der Waals surface area contributed by atoms with E-state index in [1.807, 2.05) is 0 Å². The molecule has 0 aromatic heterocycles. The zero-order valence-corrected chi connectivity index (χ0v) is 11.2. The van der Waals surface area contributed by atoms with Gasteiger partial charge in [0.2, 0.25) is 0 Å². The highest BCUT2D eigenvalue weighted by Gasteiger charge is 2.34. The fourth-order valence-corrected chi connectivity index (χ4v) is 2.00. The number of halogens is 1. The molecule has 110 valence electrons. The smallest absolute Gasteiger partial charge is 0.319 e. The molecule has 0 radical (unpaired) electrons. The van der Waals surface area contributed by atoms with Crippen molar-refractivity contribution in [3.05, 3.63) is 24.3 Å². The molecule has 0 unspecified atom stereocenters. The minimum Gasteiger partial charge on any atom is -0.491 e. The molecule has 1 aliphatic carbocycles. The first kappa shape index (κ1) is 14.6. The number of benzene rings is 1. The summed E-state index contributed by atoms with van der Waals surface area (Å²) in [7, 11) is 0. The van der Waals surface area contributed by atoms with Gasteiger partial charge in [-0.3, -0.25) is 0 Å².